The molecule has 7 aliphatic heterocycles. The lowest BCUT2D eigenvalue weighted by Gasteiger charge is -2.33. The highest BCUT2D eigenvalue weighted by Crippen LogP contribution is 2.43. The standard InChI is InChI=1S/C26H27N7O.C25H26N8O.C25H28N8O.C25H25N7O2/c1-31-12-14-33(15-13-31)23-5-3-4-22(30-23)29-21-7-6-17(20-16-28-26(34)24(20)21)18-8-10-27-25-19(18)9-11-32(25)2;1-26-15-7-11-33(14-15)21-5-3-4-20(31-21)30-19-13-28-23(18-12-29-25(34)22(18)19)16-6-9-27-24-17(16)8-10-32(24)2;1-31(2)12-13-32(3)21-7-5-6-20(30-21)29-19-15-27-23(18-14-28-25(34)22(18)19)16-8-10-26-24-17(16)9-11-33(24)4;1-15-24(32-9-3-2-4-21(32)29-15)23-18-13-28-25(34)22(18)19(14-27-23)30-20-6-5-16(12-26-20)31-10-7-17(33)8-11-31/h3-11H,12-16H2,1-2H3,(H,28,34)(H,29,30);3-6,8-10,13,15,26H,7,11-12,14H2,1-2H3,(H,29,34)(H,30,31);5-11,15H,12-14H2,1-4H3,(H,28,34)(H,29,30);2-6,9,12,14,17,33H,7-8,10-11,13H2,1H3,(H,26,30)(H,28,34)/t;15-;;/m.0../s1. The number of imidazole rings is 1. The molecule has 0 aliphatic carbocycles. The van der Waals surface area contributed by atoms with Crippen molar-refractivity contribution in [1.29, 1.82) is 0 Å². The Bertz CT molecular complexity index is 7100. The number of carbonyl (C=O) groups is 4. The molecule has 23 rings (SSSR count). The number of carbonyl (C=O) groups excluding carboxylic acids is 4. The molecule has 1 atom stereocenters. The molecule has 690 valence electrons. The SMILES string of the molecule is CN(C)CCN(C)c1cccc(Nc2cnc(-c3ccnc4c3ccn4C)c3c2C(=O)NC3)n1.CN1CCN(c2cccc(Nc3ccc(-c4ccnc5c4ccn5C)c4c3C(=O)NC4)n2)CC1.CN[C@H]1CCN(c2cccc(Nc3cnc(-c4ccnc5c4ccn5C)c4c3C(=O)NC4)n2)C1.Cc1nc2ccccn2c1-c1ncc(Nc2ccc(N3CCC(O)CC3)cn2)c2c1CNC2=O. The number of piperidine rings is 1. The predicted molar refractivity (Wildman–Crippen MR) is 531 cm³/mol. The zero-order valence-corrected chi connectivity index (χ0v) is 77.2. The van der Waals surface area contributed by atoms with Crippen LogP contribution in [0.5, 0.6) is 0 Å². The molecule has 0 spiro atoms. The van der Waals surface area contributed by atoms with Gasteiger partial charge in [-0.05, 0) is 174 Å². The Balaban J connectivity index is 0.000000112. The fourth-order valence-corrected chi connectivity index (χ4v) is 19.0. The van der Waals surface area contributed by atoms with Crippen molar-refractivity contribution in [3.05, 3.63) is 252 Å². The van der Waals surface area contributed by atoms with Crippen LogP contribution < -0.4 is 67.5 Å². The number of aliphatic hydroxyl groups is 1. The summed E-state index contributed by atoms with van der Waals surface area (Å²) < 4.78 is 7.98. The molecule has 1 aromatic carbocycles. The number of aromatic nitrogens is 15. The third-order valence-corrected chi connectivity index (χ3v) is 26.3. The number of hydrogen-bond acceptors (Lipinski definition) is 27. The van der Waals surface area contributed by atoms with Crippen LogP contribution in [-0.2, 0) is 47.3 Å². The van der Waals surface area contributed by atoms with Gasteiger partial charge in [-0.3, -0.25) is 38.5 Å². The number of nitrogens with one attached hydrogen (secondary N) is 9. The number of hydrogen-bond donors (Lipinski definition) is 10. The Morgan fingerprint density at radius 2 is 0.912 bits per heavy atom. The summed E-state index contributed by atoms with van der Waals surface area (Å²) in [4.78, 5) is 116. The average molecular weight is 1820 g/mol. The maximum atomic E-state index is 12.9. The van der Waals surface area contributed by atoms with E-state index < -0.39 is 0 Å². The summed E-state index contributed by atoms with van der Waals surface area (Å²) >= 11 is 0. The van der Waals surface area contributed by atoms with Gasteiger partial charge in [0.15, 0.2) is 0 Å². The summed E-state index contributed by atoms with van der Waals surface area (Å²) in [5.74, 6) is 5.08. The maximum Gasteiger partial charge on any atom is 0.254 e. The molecule has 0 bridgehead atoms. The van der Waals surface area contributed by atoms with Crippen LogP contribution in [0.15, 0.2) is 202 Å². The predicted octanol–water partition coefficient (Wildman–Crippen LogP) is 12.3. The molecule has 35 nitrogen and oxygen atoms in total. The molecule has 35 heteroatoms. The van der Waals surface area contributed by atoms with Gasteiger partial charge in [0, 0.05) is 213 Å². The third-order valence-electron chi connectivity index (χ3n) is 26.3. The lowest BCUT2D eigenvalue weighted by molar-refractivity contribution is 0.0958. The van der Waals surface area contributed by atoms with Crippen LogP contribution in [0.1, 0.15) is 88.6 Å². The quantitative estimate of drug-likeness (QED) is 0.0339. The summed E-state index contributed by atoms with van der Waals surface area (Å²) in [5.41, 5.74) is 21.6. The first-order valence-corrected chi connectivity index (χ1v) is 45.8. The lowest BCUT2D eigenvalue weighted by Crippen LogP contribution is -2.44. The van der Waals surface area contributed by atoms with E-state index in [0.717, 1.165) is 231 Å². The fourth-order valence-electron chi connectivity index (χ4n) is 19.0. The molecule has 3 fully saturated rings. The van der Waals surface area contributed by atoms with Crippen LogP contribution in [-0.4, -0.2) is 224 Å². The molecule has 3 saturated heterocycles. The van der Waals surface area contributed by atoms with Crippen LogP contribution in [0.2, 0.25) is 0 Å². The topological polar surface area (TPSA) is 377 Å². The molecule has 22 heterocycles. The van der Waals surface area contributed by atoms with Crippen LogP contribution in [0.4, 0.5) is 69.2 Å². The minimum absolute atomic E-state index is 0.0621. The van der Waals surface area contributed by atoms with Gasteiger partial charge in [0.1, 0.15) is 63.3 Å². The van der Waals surface area contributed by atoms with Gasteiger partial charge in [0.25, 0.3) is 23.6 Å². The Morgan fingerprint density at radius 3 is 1.46 bits per heavy atom. The van der Waals surface area contributed by atoms with Gasteiger partial charge in [0.05, 0.1) is 110 Å². The number of pyridine rings is 11. The molecule has 0 radical (unpaired) electrons. The van der Waals surface area contributed by atoms with E-state index in [9.17, 15) is 24.3 Å². The van der Waals surface area contributed by atoms with Gasteiger partial charge in [-0.1, -0.05) is 30.3 Å². The second kappa shape index (κ2) is 37.7. The molecular weight excluding hydrogens is 1710 g/mol. The summed E-state index contributed by atoms with van der Waals surface area (Å²) in [6.45, 7) is 13.0. The number of nitrogens with zero attached hydrogens (tertiary/aromatic N) is 21. The van der Waals surface area contributed by atoms with Gasteiger partial charge in [-0.15, -0.1) is 0 Å². The van der Waals surface area contributed by atoms with Crippen molar-refractivity contribution < 1.29 is 24.3 Å². The molecule has 10 N–H and O–H groups in total. The smallest absolute Gasteiger partial charge is 0.254 e. The highest BCUT2D eigenvalue weighted by Gasteiger charge is 2.35. The average Bonchev–Trinajstić information content (AvgIpc) is 1.59. The largest absolute Gasteiger partial charge is 0.393 e. The molecule has 4 amide bonds. The van der Waals surface area contributed by atoms with Crippen molar-refractivity contribution in [3.8, 4) is 45.0 Å². The van der Waals surface area contributed by atoms with Gasteiger partial charge < -0.3 is 96.1 Å². The Morgan fingerprint density at radius 1 is 0.419 bits per heavy atom. The number of rotatable bonds is 20. The van der Waals surface area contributed by atoms with Crippen LogP contribution in [0.3, 0.4) is 0 Å². The molecule has 15 aromatic heterocycles. The van der Waals surface area contributed by atoms with Crippen molar-refractivity contribution in [2.45, 2.75) is 64.5 Å². The number of anilines is 12. The zero-order chi connectivity index (χ0) is 93.5. The fraction of sp³-hybridized carbons (Fsp3) is 0.277. The molecule has 0 unspecified atom stereocenters. The van der Waals surface area contributed by atoms with E-state index in [1.165, 1.54) is 0 Å². The second-order valence-corrected chi connectivity index (χ2v) is 35.4. The number of likely N-dealkylation sites (N-methyl/N-ethyl adjacent to an activating group) is 4. The van der Waals surface area contributed by atoms with E-state index in [1.54, 1.807) is 31.0 Å². The number of benzene rings is 1. The molecule has 7 aliphatic rings. The second-order valence-electron chi connectivity index (χ2n) is 35.4. The first-order chi connectivity index (χ1) is 66.2. The molecule has 136 heavy (non-hydrogen) atoms. The van der Waals surface area contributed by atoms with Gasteiger partial charge in [-0.25, -0.2) is 39.9 Å². The van der Waals surface area contributed by atoms with E-state index in [1.807, 2.05) is 219 Å². The highest BCUT2D eigenvalue weighted by molar-refractivity contribution is 6.10. The number of piperazine rings is 1. The maximum absolute atomic E-state index is 12.9. The molecule has 0 saturated carbocycles. The number of aryl methyl sites for hydroxylation is 4. The molecule has 16 aromatic rings. The number of amides is 4. The van der Waals surface area contributed by atoms with Crippen molar-refractivity contribution in [1.82, 2.24) is 109 Å². The summed E-state index contributed by atoms with van der Waals surface area (Å²) in [5, 5.41) is 41.4. The van der Waals surface area contributed by atoms with E-state index in [0.29, 0.717) is 89.0 Å². The van der Waals surface area contributed by atoms with Crippen LogP contribution >= 0.6 is 0 Å². The minimum Gasteiger partial charge on any atom is -0.393 e. The minimum atomic E-state index is -0.210. The Labute approximate surface area is 784 Å². The van der Waals surface area contributed by atoms with Crippen molar-refractivity contribution in [3.63, 3.8) is 0 Å². The van der Waals surface area contributed by atoms with Crippen LogP contribution in [0, 0.1) is 6.92 Å². The highest BCUT2D eigenvalue weighted by atomic mass is 16.3. The zero-order valence-electron chi connectivity index (χ0n) is 77.2. The lowest BCUT2D eigenvalue weighted by atomic mass is 9.94. The van der Waals surface area contributed by atoms with E-state index in [2.05, 4.69) is 135 Å². The first-order valence-electron chi connectivity index (χ1n) is 45.8. The third kappa shape index (κ3) is 17.5. The van der Waals surface area contributed by atoms with Crippen LogP contribution in [0.25, 0.3) is 83.8 Å². The van der Waals surface area contributed by atoms with Crippen molar-refractivity contribution in [2.75, 3.05) is 142 Å². The number of aliphatic hydroxyl groups excluding tert-OH is 1. The summed E-state index contributed by atoms with van der Waals surface area (Å²) in [6, 6.07) is 44.2. The van der Waals surface area contributed by atoms with E-state index in [-0.39, 0.29) is 29.7 Å². The van der Waals surface area contributed by atoms with Gasteiger partial charge in [0.2, 0.25) is 0 Å². The normalized spacial score (nSPS) is 15.6. The Hall–Kier alpha value is -15.9. The van der Waals surface area contributed by atoms with Crippen molar-refractivity contribution >= 4 is 132 Å². The Kier molecular flexibility index (Phi) is 24.4. The van der Waals surface area contributed by atoms with E-state index in [4.69, 9.17) is 29.9 Å². The molecular formula is C101H106N30O5. The summed E-state index contributed by atoms with van der Waals surface area (Å²) in [7, 11) is 16.2. The number of fused-ring (bicyclic) bond motifs is 8. The summed E-state index contributed by atoms with van der Waals surface area (Å²) in [6.07, 6.45) is 22.7. The first kappa shape index (κ1) is 88.1. The van der Waals surface area contributed by atoms with Gasteiger partial charge in [-0.2, -0.15) is 0 Å². The van der Waals surface area contributed by atoms with Crippen molar-refractivity contribution in [2.24, 2.45) is 21.1 Å². The van der Waals surface area contributed by atoms with Gasteiger partial charge >= 0.3 is 0 Å². The van der Waals surface area contributed by atoms with E-state index >= 15 is 0 Å². The monoisotopic (exact) mass is 1820 g/mol.